The minimum Gasteiger partial charge on any atom is -0.495 e. The average molecular weight is 305 g/mol. The molecule has 0 aromatic heterocycles. The van der Waals surface area contributed by atoms with Gasteiger partial charge in [0.15, 0.2) is 0 Å². The molecule has 0 atom stereocenters. The van der Waals surface area contributed by atoms with Gasteiger partial charge in [0.05, 0.1) is 7.11 Å². The summed E-state index contributed by atoms with van der Waals surface area (Å²) in [7, 11) is -2.15. The lowest BCUT2D eigenvalue weighted by Crippen LogP contribution is -2.32. The number of sulfonamides is 1. The summed E-state index contributed by atoms with van der Waals surface area (Å²) < 4.78 is 31.8. The topological polar surface area (TPSA) is 67.4 Å². The van der Waals surface area contributed by atoms with Gasteiger partial charge in [-0.2, -0.15) is 0 Å². The zero-order valence-electron chi connectivity index (χ0n) is 10.6. The van der Waals surface area contributed by atoms with Crippen LogP contribution < -0.4 is 14.8 Å². The first-order chi connectivity index (χ1) is 9.03. The van der Waals surface area contributed by atoms with E-state index in [4.69, 9.17) is 16.3 Å². The SMILES string of the molecule is COc1cc(Cl)ccc1S(=O)(=O)NCCNC1CC1. The van der Waals surface area contributed by atoms with E-state index in [0.717, 1.165) is 0 Å². The van der Waals surface area contributed by atoms with Gasteiger partial charge in [0.2, 0.25) is 10.0 Å². The number of ether oxygens (including phenoxy) is 1. The molecule has 0 amide bonds. The summed E-state index contributed by atoms with van der Waals surface area (Å²) in [6, 6.07) is 5.02. The number of benzene rings is 1. The highest BCUT2D eigenvalue weighted by Crippen LogP contribution is 2.26. The lowest BCUT2D eigenvalue weighted by atomic mass is 10.3. The molecule has 0 spiro atoms. The van der Waals surface area contributed by atoms with Crippen molar-refractivity contribution in [2.75, 3.05) is 20.2 Å². The molecule has 5 nitrogen and oxygen atoms in total. The maximum atomic E-state index is 12.1. The van der Waals surface area contributed by atoms with E-state index in [1.54, 1.807) is 0 Å². The molecule has 0 saturated heterocycles. The highest BCUT2D eigenvalue weighted by atomic mass is 35.5. The highest BCUT2D eigenvalue weighted by Gasteiger charge is 2.21. The second-order valence-electron chi connectivity index (χ2n) is 4.42. The Bertz CT molecular complexity index is 544. The summed E-state index contributed by atoms with van der Waals surface area (Å²) in [5.74, 6) is 0.246. The van der Waals surface area contributed by atoms with Crippen molar-refractivity contribution in [3.8, 4) is 5.75 Å². The smallest absolute Gasteiger partial charge is 0.244 e. The van der Waals surface area contributed by atoms with Crippen molar-refractivity contribution in [2.45, 2.75) is 23.8 Å². The van der Waals surface area contributed by atoms with E-state index in [2.05, 4.69) is 10.0 Å². The summed E-state index contributed by atoms with van der Waals surface area (Å²) in [6.45, 7) is 0.977. The summed E-state index contributed by atoms with van der Waals surface area (Å²) >= 11 is 5.81. The number of hydrogen-bond acceptors (Lipinski definition) is 4. The maximum absolute atomic E-state index is 12.1. The molecular weight excluding hydrogens is 288 g/mol. The molecule has 0 aliphatic heterocycles. The predicted octanol–water partition coefficient (Wildman–Crippen LogP) is 1.38. The highest BCUT2D eigenvalue weighted by molar-refractivity contribution is 7.89. The maximum Gasteiger partial charge on any atom is 0.244 e. The van der Waals surface area contributed by atoms with Crippen LogP contribution in [0, 0.1) is 0 Å². The van der Waals surface area contributed by atoms with E-state index in [0.29, 0.717) is 24.2 Å². The van der Waals surface area contributed by atoms with E-state index < -0.39 is 10.0 Å². The van der Waals surface area contributed by atoms with Gasteiger partial charge in [-0.15, -0.1) is 0 Å². The van der Waals surface area contributed by atoms with Gasteiger partial charge >= 0.3 is 0 Å². The molecule has 1 aromatic carbocycles. The van der Waals surface area contributed by atoms with Gasteiger partial charge in [-0.1, -0.05) is 11.6 Å². The largest absolute Gasteiger partial charge is 0.495 e. The van der Waals surface area contributed by atoms with Crippen LogP contribution in [0.15, 0.2) is 23.1 Å². The Kier molecular flexibility index (Phi) is 4.67. The molecule has 1 aliphatic rings. The molecule has 0 heterocycles. The molecule has 0 radical (unpaired) electrons. The van der Waals surface area contributed by atoms with Gasteiger partial charge in [-0.25, -0.2) is 13.1 Å². The summed E-state index contributed by atoms with van der Waals surface area (Å²) in [4.78, 5) is 0.103. The van der Waals surface area contributed by atoms with Gasteiger partial charge in [0.25, 0.3) is 0 Å². The van der Waals surface area contributed by atoms with E-state index in [-0.39, 0.29) is 10.6 Å². The predicted molar refractivity (Wildman–Crippen MR) is 74.2 cm³/mol. The second kappa shape index (κ2) is 6.09. The van der Waals surface area contributed by atoms with Gasteiger partial charge in [-0.3, -0.25) is 0 Å². The Morgan fingerprint density at radius 3 is 2.74 bits per heavy atom. The number of methoxy groups -OCH3 is 1. The fourth-order valence-electron chi connectivity index (χ4n) is 1.69. The van der Waals surface area contributed by atoms with Gasteiger partial charge < -0.3 is 10.1 Å². The monoisotopic (exact) mass is 304 g/mol. The van der Waals surface area contributed by atoms with E-state index in [9.17, 15) is 8.42 Å². The van der Waals surface area contributed by atoms with Crippen molar-refractivity contribution in [1.82, 2.24) is 10.0 Å². The first kappa shape index (κ1) is 14.6. The molecule has 19 heavy (non-hydrogen) atoms. The fraction of sp³-hybridized carbons (Fsp3) is 0.500. The zero-order chi connectivity index (χ0) is 13.9. The summed E-state index contributed by atoms with van der Waals surface area (Å²) in [5, 5.41) is 3.68. The number of rotatable bonds is 7. The standard InChI is InChI=1S/C12H17ClN2O3S/c1-18-11-8-9(13)2-5-12(11)19(16,17)15-7-6-14-10-3-4-10/h2,5,8,10,14-15H,3-4,6-7H2,1H3. The molecule has 106 valence electrons. The molecule has 0 bridgehead atoms. The van der Waals surface area contributed by atoms with Crippen LogP contribution in [0.1, 0.15) is 12.8 Å². The Morgan fingerprint density at radius 1 is 1.37 bits per heavy atom. The van der Waals surface area contributed by atoms with Crippen molar-refractivity contribution in [2.24, 2.45) is 0 Å². The van der Waals surface area contributed by atoms with E-state index in [1.165, 1.54) is 38.2 Å². The zero-order valence-corrected chi connectivity index (χ0v) is 12.2. The summed E-state index contributed by atoms with van der Waals surface area (Å²) in [5.41, 5.74) is 0. The average Bonchev–Trinajstić information content (AvgIpc) is 3.18. The van der Waals surface area contributed by atoms with Crippen molar-refractivity contribution in [3.63, 3.8) is 0 Å². The molecule has 1 fully saturated rings. The lowest BCUT2D eigenvalue weighted by molar-refractivity contribution is 0.402. The molecule has 0 unspecified atom stereocenters. The second-order valence-corrected chi connectivity index (χ2v) is 6.59. The molecule has 1 saturated carbocycles. The van der Waals surface area contributed by atoms with Crippen LogP contribution in [0.5, 0.6) is 5.75 Å². The van der Waals surface area contributed by atoms with Gasteiger partial charge in [-0.05, 0) is 25.0 Å². The summed E-state index contributed by atoms with van der Waals surface area (Å²) in [6.07, 6.45) is 2.36. The Labute approximate surface area is 118 Å². The lowest BCUT2D eigenvalue weighted by Gasteiger charge is -2.11. The normalized spacial score (nSPS) is 15.5. The van der Waals surface area contributed by atoms with Gasteiger partial charge in [0, 0.05) is 30.2 Å². The first-order valence-corrected chi connectivity index (χ1v) is 7.95. The Hall–Kier alpha value is -0.820. The van der Waals surface area contributed by atoms with Crippen LogP contribution in [0.3, 0.4) is 0 Å². The van der Waals surface area contributed by atoms with Crippen molar-refractivity contribution < 1.29 is 13.2 Å². The molecule has 1 aliphatic carbocycles. The van der Waals surface area contributed by atoms with Crippen molar-refractivity contribution in [3.05, 3.63) is 23.2 Å². The third-order valence-electron chi connectivity index (χ3n) is 2.84. The fourth-order valence-corrected chi connectivity index (χ4v) is 3.03. The van der Waals surface area contributed by atoms with Crippen LogP contribution in [-0.2, 0) is 10.0 Å². The van der Waals surface area contributed by atoms with Crippen LogP contribution >= 0.6 is 11.6 Å². The van der Waals surface area contributed by atoms with Crippen LogP contribution in [0.2, 0.25) is 5.02 Å². The number of halogens is 1. The Balaban J connectivity index is 2.00. The van der Waals surface area contributed by atoms with Gasteiger partial charge in [0.1, 0.15) is 10.6 Å². The first-order valence-electron chi connectivity index (χ1n) is 6.09. The minimum atomic E-state index is -3.57. The third-order valence-corrected chi connectivity index (χ3v) is 4.58. The third kappa shape index (κ3) is 4.07. The van der Waals surface area contributed by atoms with Crippen molar-refractivity contribution >= 4 is 21.6 Å². The van der Waals surface area contributed by atoms with Crippen LogP contribution in [0.25, 0.3) is 0 Å². The molecule has 2 rings (SSSR count). The molecule has 7 heteroatoms. The van der Waals surface area contributed by atoms with Crippen molar-refractivity contribution in [1.29, 1.82) is 0 Å². The number of hydrogen-bond donors (Lipinski definition) is 2. The van der Waals surface area contributed by atoms with Crippen LogP contribution in [0.4, 0.5) is 0 Å². The van der Waals surface area contributed by atoms with Crippen LogP contribution in [-0.4, -0.2) is 34.7 Å². The number of nitrogens with one attached hydrogen (secondary N) is 2. The molecule has 2 N–H and O–H groups in total. The molecular formula is C12H17ClN2O3S. The van der Waals surface area contributed by atoms with E-state index >= 15 is 0 Å². The Morgan fingerprint density at radius 2 is 2.11 bits per heavy atom. The van der Waals surface area contributed by atoms with E-state index in [1.807, 2.05) is 0 Å². The quantitative estimate of drug-likeness (QED) is 0.747. The minimum absolute atomic E-state index is 0.103. The molecule has 1 aromatic rings.